The lowest BCUT2D eigenvalue weighted by Crippen LogP contribution is -2.36. The molecule has 2 aliphatic heterocycles. The van der Waals surface area contributed by atoms with Gasteiger partial charge in [0.1, 0.15) is 0 Å². The molecular formula is C20H17BrN2O3. The molecule has 5 nitrogen and oxygen atoms in total. The van der Waals surface area contributed by atoms with Crippen molar-refractivity contribution in [2.45, 2.75) is 19.8 Å². The van der Waals surface area contributed by atoms with Crippen LogP contribution in [-0.4, -0.2) is 35.7 Å². The minimum Gasteiger partial charge on any atom is -0.312 e. The molecule has 2 aromatic carbocycles. The molecule has 0 atom stereocenters. The van der Waals surface area contributed by atoms with Gasteiger partial charge in [-0.2, -0.15) is 0 Å². The molecule has 4 rings (SSSR count). The first-order chi connectivity index (χ1) is 12.5. The van der Waals surface area contributed by atoms with E-state index in [0.29, 0.717) is 17.7 Å². The minimum atomic E-state index is -0.316. The number of anilines is 1. The first-order valence-electron chi connectivity index (χ1n) is 8.51. The third-order valence-electron chi connectivity index (χ3n) is 4.91. The van der Waals surface area contributed by atoms with Crippen LogP contribution < -0.4 is 4.90 Å². The summed E-state index contributed by atoms with van der Waals surface area (Å²) in [5.74, 6) is -0.699. The Balaban J connectivity index is 1.47. The number of benzene rings is 2. The number of nitrogens with zero attached hydrogens (tertiary/aromatic N) is 2. The number of hydrogen-bond acceptors (Lipinski definition) is 3. The highest BCUT2D eigenvalue weighted by atomic mass is 79.9. The molecule has 0 unspecified atom stereocenters. The van der Waals surface area contributed by atoms with Crippen LogP contribution in [0.25, 0.3) is 0 Å². The van der Waals surface area contributed by atoms with Gasteiger partial charge in [0.2, 0.25) is 5.91 Å². The molecule has 0 N–H and O–H groups in total. The van der Waals surface area contributed by atoms with Crippen molar-refractivity contribution in [3.63, 3.8) is 0 Å². The first-order valence-corrected chi connectivity index (χ1v) is 9.30. The summed E-state index contributed by atoms with van der Waals surface area (Å²) in [4.78, 5) is 40.5. The fourth-order valence-corrected chi connectivity index (χ4v) is 3.99. The molecule has 26 heavy (non-hydrogen) atoms. The lowest BCUT2D eigenvalue weighted by molar-refractivity contribution is -0.118. The molecule has 0 aliphatic carbocycles. The van der Waals surface area contributed by atoms with Crippen molar-refractivity contribution < 1.29 is 14.4 Å². The van der Waals surface area contributed by atoms with Crippen LogP contribution in [0.2, 0.25) is 0 Å². The number of aryl methyl sites for hydroxylation is 1. The Morgan fingerprint density at radius 3 is 2.65 bits per heavy atom. The third kappa shape index (κ3) is 2.74. The van der Waals surface area contributed by atoms with E-state index in [4.69, 9.17) is 0 Å². The summed E-state index contributed by atoms with van der Waals surface area (Å²) >= 11 is 3.44. The highest BCUT2D eigenvalue weighted by Crippen LogP contribution is 2.31. The molecule has 0 saturated carbocycles. The van der Waals surface area contributed by atoms with Crippen LogP contribution in [0.5, 0.6) is 0 Å². The zero-order chi connectivity index (χ0) is 18.4. The molecule has 3 amide bonds. The predicted molar refractivity (Wildman–Crippen MR) is 101 cm³/mol. The number of halogens is 1. The molecule has 6 heteroatoms. The van der Waals surface area contributed by atoms with E-state index in [2.05, 4.69) is 15.9 Å². The predicted octanol–water partition coefficient (Wildman–Crippen LogP) is 3.33. The number of carbonyl (C=O) groups is 3. The summed E-state index contributed by atoms with van der Waals surface area (Å²) in [5, 5.41) is 0. The van der Waals surface area contributed by atoms with Crippen LogP contribution in [0.1, 0.15) is 38.3 Å². The van der Waals surface area contributed by atoms with Gasteiger partial charge in [0.15, 0.2) is 0 Å². The van der Waals surface area contributed by atoms with Gasteiger partial charge in [-0.25, -0.2) is 0 Å². The average molecular weight is 413 g/mol. The van der Waals surface area contributed by atoms with Crippen molar-refractivity contribution in [1.82, 2.24) is 4.90 Å². The van der Waals surface area contributed by atoms with Gasteiger partial charge in [-0.1, -0.05) is 27.6 Å². The quantitative estimate of drug-likeness (QED) is 0.726. The van der Waals surface area contributed by atoms with Gasteiger partial charge in [0.25, 0.3) is 11.8 Å². The Hall–Kier alpha value is -2.47. The Morgan fingerprint density at radius 1 is 1.08 bits per heavy atom. The molecule has 0 saturated heterocycles. The van der Waals surface area contributed by atoms with Crippen molar-refractivity contribution in [2.24, 2.45) is 0 Å². The van der Waals surface area contributed by atoms with Crippen LogP contribution in [-0.2, 0) is 11.2 Å². The maximum absolute atomic E-state index is 12.7. The molecule has 2 aromatic rings. The second kappa shape index (κ2) is 6.36. The van der Waals surface area contributed by atoms with Crippen molar-refractivity contribution >= 4 is 39.3 Å². The lowest BCUT2D eigenvalue weighted by atomic mass is 10.1. The first kappa shape index (κ1) is 17.0. The van der Waals surface area contributed by atoms with E-state index in [1.54, 1.807) is 17.0 Å². The summed E-state index contributed by atoms with van der Waals surface area (Å²) in [6, 6.07) is 11.1. The fraction of sp³-hybridized carbons (Fsp3) is 0.250. The van der Waals surface area contributed by atoms with Gasteiger partial charge in [-0.3, -0.25) is 19.3 Å². The van der Waals surface area contributed by atoms with Crippen LogP contribution in [0.3, 0.4) is 0 Å². The Kier molecular flexibility index (Phi) is 4.15. The summed E-state index contributed by atoms with van der Waals surface area (Å²) in [6.45, 7) is 2.62. The molecule has 2 aliphatic rings. The van der Waals surface area contributed by atoms with Gasteiger partial charge in [0.05, 0.1) is 11.1 Å². The van der Waals surface area contributed by atoms with E-state index in [-0.39, 0.29) is 30.7 Å². The lowest BCUT2D eigenvalue weighted by Gasteiger charge is -2.19. The van der Waals surface area contributed by atoms with Gasteiger partial charge < -0.3 is 4.90 Å². The van der Waals surface area contributed by atoms with Gasteiger partial charge in [0, 0.05) is 29.7 Å². The van der Waals surface area contributed by atoms with E-state index in [0.717, 1.165) is 27.7 Å². The maximum atomic E-state index is 12.7. The second-order valence-corrected chi connectivity index (χ2v) is 7.55. The van der Waals surface area contributed by atoms with Crippen LogP contribution in [0, 0.1) is 6.92 Å². The third-order valence-corrected chi connectivity index (χ3v) is 5.41. The molecule has 0 aromatic heterocycles. The van der Waals surface area contributed by atoms with E-state index in [9.17, 15) is 14.4 Å². The van der Waals surface area contributed by atoms with Crippen molar-refractivity contribution in [3.05, 3.63) is 63.1 Å². The van der Waals surface area contributed by atoms with Crippen LogP contribution >= 0.6 is 15.9 Å². The maximum Gasteiger partial charge on any atom is 0.261 e. The Bertz CT molecular complexity index is 954. The van der Waals surface area contributed by atoms with Crippen LogP contribution in [0.4, 0.5) is 5.69 Å². The highest BCUT2D eigenvalue weighted by Gasteiger charge is 2.36. The molecule has 0 fully saturated rings. The molecule has 0 spiro atoms. The van der Waals surface area contributed by atoms with Gasteiger partial charge in [-0.05, 0) is 49.2 Å². The van der Waals surface area contributed by atoms with E-state index >= 15 is 0 Å². The van der Waals surface area contributed by atoms with Gasteiger partial charge in [-0.15, -0.1) is 0 Å². The number of imide groups is 1. The molecule has 0 bridgehead atoms. The average Bonchev–Trinajstić information content (AvgIpc) is 3.13. The Morgan fingerprint density at radius 2 is 1.85 bits per heavy atom. The SMILES string of the molecule is Cc1ccc2c(c1)C(=O)N(CCC(=O)N1CCc3cc(Br)ccc31)C2=O. The number of rotatable bonds is 3. The minimum absolute atomic E-state index is 0.0705. The molecule has 2 heterocycles. The molecule has 0 radical (unpaired) electrons. The van der Waals surface area contributed by atoms with Gasteiger partial charge >= 0.3 is 0 Å². The number of carbonyl (C=O) groups excluding carboxylic acids is 3. The second-order valence-electron chi connectivity index (χ2n) is 6.63. The normalized spacial score (nSPS) is 15.5. The van der Waals surface area contributed by atoms with Crippen molar-refractivity contribution in [1.29, 1.82) is 0 Å². The fourth-order valence-electron chi connectivity index (χ4n) is 3.58. The van der Waals surface area contributed by atoms with E-state index in [1.807, 2.05) is 31.2 Å². The summed E-state index contributed by atoms with van der Waals surface area (Å²) in [5.41, 5.74) is 3.83. The van der Waals surface area contributed by atoms with Crippen molar-refractivity contribution in [2.75, 3.05) is 18.0 Å². The Labute approximate surface area is 159 Å². The van der Waals surface area contributed by atoms with E-state index < -0.39 is 0 Å². The summed E-state index contributed by atoms with van der Waals surface area (Å²) in [7, 11) is 0. The monoisotopic (exact) mass is 412 g/mol. The number of hydrogen-bond donors (Lipinski definition) is 0. The standard InChI is InChI=1S/C20H17BrN2O3/c1-12-2-4-15-16(10-12)20(26)23(19(15)25)9-7-18(24)22-8-6-13-11-14(21)3-5-17(13)22/h2-5,10-11H,6-9H2,1H3. The summed E-state index contributed by atoms with van der Waals surface area (Å²) < 4.78 is 0.992. The zero-order valence-corrected chi connectivity index (χ0v) is 15.9. The smallest absolute Gasteiger partial charge is 0.261 e. The number of amides is 3. The van der Waals surface area contributed by atoms with E-state index in [1.165, 1.54) is 4.90 Å². The number of fused-ring (bicyclic) bond motifs is 2. The van der Waals surface area contributed by atoms with Crippen LogP contribution in [0.15, 0.2) is 40.9 Å². The zero-order valence-electron chi connectivity index (χ0n) is 14.3. The molecular weight excluding hydrogens is 396 g/mol. The molecule has 132 valence electrons. The topological polar surface area (TPSA) is 57.7 Å². The largest absolute Gasteiger partial charge is 0.312 e. The summed E-state index contributed by atoms with van der Waals surface area (Å²) in [6.07, 6.45) is 0.937. The highest BCUT2D eigenvalue weighted by molar-refractivity contribution is 9.10. The van der Waals surface area contributed by atoms with Crippen molar-refractivity contribution in [3.8, 4) is 0 Å².